The lowest BCUT2D eigenvalue weighted by atomic mass is 10.0. The molecule has 1 aromatic carbocycles. The number of nitrogens with two attached hydrogens (primary N) is 1. The molecule has 19 heavy (non-hydrogen) atoms. The van der Waals surface area contributed by atoms with E-state index in [4.69, 9.17) is 11.0 Å². The molecule has 5 nitrogen and oxygen atoms in total. The van der Waals surface area contributed by atoms with Gasteiger partial charge in [-0.05, 0) is 36.2 Å². The monoisotopic (exact) mass is 249 g/mol. The Labute approximate surface area is 109 Å². The molecular weight excluding hydrogens is 238 g/mol. The molecule has 0 spiro atoms. The molecule has 0 aliphatic carbocycles. The number of fused-ring (bicyclic) bond motifs is 1. The van der Waals surface area contributed by atoms with E-state index in [0.717, 1.165) is 22.3 Å². The standard InChI is InChI=1S/C14H11N5/c1-9-6-12(8-19-13(9)17-14(16)18-19)11-4-2-10(7-15)3-5-11/h2-6,8H,1H3,(H2,16,18). The first-order chi connectivity index (χ1) is 9.17. The van der Waals surface area contributed by atoms with Crippen LogP contribution in [0, 0.1) is 18.3 Å². The van der Waals surface area contributed by atoms with Crippen molar-refractivity contribution in [2.75, 3.05) is 5.73 Å². The van der Waals surface area contributed by atoms with Gasteiger partial charge in [0.15, 0.2) is 5.65 Å². The van der Waals surface area contributed by atoms with E-state index < -0.39 is 0 Å². The summed E-state index contributed by atoms with van der Waals surface area (Å²) < 4.78 is 1.68. The summed E-state index contributed by atoms with van der Waals surface area (Å²) in [7, 11) is 0. The lowest BCUT2D eigenvalue weighted by Crippen LogP contribution is -1.92. The third kappa shape index (κ3) is 1.89. The quantitative estimate of drug-likeness (QED) is 0.716. The first-order valence-corrected chi connectivity index (χ1v) is 5.80. The second-order valence-electron chi connectivity index (χ2n) is 4.34. The van der Waals surface area contributed by atoms with Gasteiger partial charge in [-0.2, -0.15) is 10.2 Å². The number of nitrogen functional groups attached to an aromatic ring is 1. The fourth-order valence-corrected chi connectivity index (χ4v) is 2.06. The predicted molar refractivity (Wildman–Crippen MR) is 72.3 cm³/mol. The van der Waals surface area contributed by atoms with Gasteiger partial charge in [0.25, 0.3) is 0 Å². The molecule has 0 aliphatic heterocycles. The number of hydrogen-bond acceptors (Lipinski definition) is 4. The molecule has 0 aliphatic rings. The van der Waals surface area contributed by atoms with Gasteiger partial charge in [-0.15, -0.1) is 5.10 Å². The minimum absolute atomic E-state index is 0.264. The maximum Gasteiger partial charge on any atom is 0.240 e. The van der Waals surface area contributed by atoms with E-state index in [1.807, 2.05) is 31.3 Å². The number of nitriles is 1. The van der Waals surface area contributed by atoms with E-state index >= 15 is 0 Å². The van der Waals surface area contributed by atoms with E-state index in [-0.39, 0.29) is 5.95 Å². The van der Waals surface area contributed by atoms with Crippen LogP contribution in [0.4, 0.5) is 5.95 Å². The summed E-state index contributed by atoms with van der Waals surface area (Å²) in [6, 6.07) is 11.6. The summed E-state index contributed by atoms with van der Waals surface area (Å²) in [5, 5.41) is 12.9. The molecule has 0 amide bonds. The molecule has 0 radical (unpaired) electrons. The summed E-state index contributed by atoms with van der Waals surface area (Å²) in [4.78, 5) is 4.16. The summed E-state index contributed by atoms with van der Waals surface area (Å²) >= 11 is 0. The molecule has 0 bridgehead atoms. The van der Waals surface area contributed by atoms with Crippen LogP contribution in [0.1, 0.15) is 11.1 Å². The second kappa shape index (κ2) is 4.10. The van der Waals surface area contributed by atoms with E-state index in [0.29, 0.717) is 5.56 Å². The fourth-order valence-electron chi connectivity index (χ4n) is 2.06. The van der Waals surface area contributed by atoms with E-state index in [9.17, 15) is 0 Å². The minimum Gasteiger partial charge on any atom is -0.366 e. The van der Waals surface area contributed by atoms with Crippen molar-refractivity contribution in [3.8, 4) is 17.2 Å². The number of aryl methyl sites for hydroxylation is 1. The molecule has 0 fully saturated rings. The summed E-state index contributed by atoms with van der Waals surface area (Å²) in [6.45, 7) is 1.97. The van der Waals surface area contributed by atoms with Crippen LogP contribution in [-0.4, -0.2) is 14.6 Å². The van der Waals surface area contributed by atoms with Gasteiger partial charge in [0.1, 0.15) is 0 Å². The summed E-state index contributed by atoms with van der Waals surface area (Å²) in [5.74, 6) is 0.264. The SMILES string of the molecule is Cc1cc(-c2ccc(C#N)cc2)cn2nc(N)nc12. The number of aromatic nitrogens is 3. The van der Waals surface area contributed by atoms with Crippen LogP contribution in [-0.2, 0) is 0 Å². The molecule has 0 saturated carbocycles. The first kappa shape index (κ1) is 11.2. The Morgan fingerprint density at radius 3 is 2.63 bits per heavy atom. The van der Waals surface area contributed by atoms with Crippen LogP contribution >= 0.6 is 0 Å². The third-order valence-corrected chi connectivity index (χ3v) is 2.98. The Morgan fingerprint density at radius 2 is 1.95 bits per heavy atom. The van der Waals surface area contributed by atoms with Gasteiger partial charge in [-0.3, -0.25) is 0 Å². The molecule has 3 rings (SSSR count). The van der Waals surface area contributed by atoms with Crippen LogP contribution in [0.5, 0.6) is 0 Å². The van der Waals surface area contributed by atoms with Crippen molar-refractivity contribution in [1.29, 1.82) is 5.26 Å². The topological polar surface area (TPSA) is 80.0 Å². The van der Waals surface area contributed by atoms with Gasteiger partial charge in [-0.1, -0.05) is 12.1 Å². The largest absolute Gasteiger partial charge is 0.366 e. The lowest BCUT2D eigenvalue weighted by Gasteiger charge is -2.04. The lowest BCUT2D eigenvalue weighted by molar-refractivity contribution is 0.964. The van der Waals surface area contributed by atoms with Gasteiger partial charge >= 0.3 is 0 Å². The number of hydrogen-bond donors (Lipinski definition) is 1. The number of rotatable bonds is 1. The van der Waals surface area contributed by atoms with Crippen molar-refractivity contribution >= 4 is 11.6 Å². The number of pyridine rings is 1. The third-order valence-electron chi connectivity index (χ3n) is 2.98. The van der Waals surface area contributed by atoms with Crippen molar-refractivity contribution in [3.63, 3.8) is 0 Å². The number of anilines is 1. The Morgan fingerprint density at radius 1 is 1.21 bits per heavy atom. The smallest absolute Gasteiger partial charge is 0.240 e. The highest BCUT2D eigenvalue weighted by Crippen LogP contribution is 2.22. The van der Waals surface area contributed by atoms with Crippen molar-refractivity contribution < 1.29 is 0 Å². The van der Waals surface area contributed by atoms with Gasteiger partial charge < -0.3 is 5.73 Å². The summed E-state index contributed by atoms with van der Waals surface area (Å²) in [5.41, 5.74) is 10.1. The van der Waals surface area contributed by atoms with Crippen LogP contribution in [0.2, 0.25) is 0 Å². The zero-order valence-electron chi connectivity index (χ0n) is 10.3. The van der Waals surface area contributed by atoms with Gasteiger partial charge in [0.05, 0.1) is 11.6 Å². The average Bonchev–Trinajstić information content (AvgIpc) is 2.80. The number of nitrogens with zero attached hydrogens (tertiary/aromatic N) is 4. The predicted octanol–water partition coefficient (Wildman–Crippen LogP) is 2.16. The molecule has 3 aromatic rings. The van der Waals surface area contributed by atoms with E-state index in [2.05, 4.69) is 16.2 Å². The average molecular weight is 249 g/mol. The van der Waals surface area contributed by atoms with Crippen molar-refractivity contribution in [3.05, 3.63) is 47.7 Å². The molecule has 0 saturated heterocycles. The Balaban J connectivity index is 2.16. The minimum atomic E-state index is 0.264. The van der Waals surface area contributed by atoms with Gasteiger partial charge in [0.2, 0.25) is 5.95 Å². The van der Waals surface area contributed by atoms with Crippen LogP contribution in [0.25, 0.3) is 16.8 Å². The maximum atomic E-state index is 8.80. The van der Waals surface area contributed by atoms with Crippen molar-refractivity contribution in [2.45, 2.75) is 6.92 Å². The molecule has 0 atom stereocenters. The highest BCUT2D eigenvalue weighted by atomic mass is 15.3. The highest BCUT2D eigenvalue weighted by Gasteiger charge is 2.07. The zero-order chi connectivity index (χ0) is 13.4. The van der Waals surface area contributed by atoms with E-state index in [1.54, 1.807) is 16.6 Å². The van der Waals surface area contributed by atoms with Crippen LogP contribution in [0.15, 0.2) is 36.5 Å². The normalized spacial score (nSPS) is 10.5. The molecule has 5 heteroatoms. The highest BCUT2D eigenvalue weighted by molar-refractivity contribution is 5.67. The Bertz CT molecular complexity index is 793. The van der Waals surface area contributed by atoms with Crippen LogP contribution in [0.3, 0.4) is 0 Å². The van der Waals surface area contributed by atoms with E-state index in [1.165, 1.54) is 0 Å². The van der Waals surface area contributed by atoms with Gasteiger partial charge in [-0.25, -0.2) is 4.52 Å². The molecule has 0 unspecified atom stereocenters. The van der Waals surface area contributed by atoms with Crippen molar-refractivity contribution in [2.24, 2.45) is 0 Å². The zero-order valence-corrected chi connectivity index (χ0v) is 10.3. The second-order valence-corrected chi connectivity index (χ2v) is 4.34. The molecule has 2 N–H and O–H groups in total. The maximum absolute atomic E-state index is 8.80. The van der Waals surface area contributed by atoms with Crippen LogP contribution < -0.4 is 5.73 Å². The molecule has 92 valence electrons. The molecule has 2 heterocycles. The Hall–Kier alpha value is -2.87. The fraction of sp³-hybridized carbons (Fsp3) is 0.0714. The molecule has 2 aromatic heterocycles. The summed E-state index contributed by atoms with van der Waals surface area (Å²) in [6.07, 6.45) is 1.88. The Kier molecular flexibility index (Phi) is 2.43. The van der Waals surface area contributed by atoms with Gasteiger partial charge in [0, 0.05) is 11.8 Å². The number of benzene rings is 1. The molecular formula is C14H11N5. The first-order valence-electron chi connectivity index (χ1n) is 5.80. The van der Waals surface area contributed by atoms with Crippen molar-refractivity contribution in [1.82, 2.24) is 14.6 Å².